The summed E-state index contributed by atoms with van der Waals surface area (Å²) in [6.45, 7) is 4.37. The number of rotatable bonds is 5. The second kappa shape index (κ2) is 7.00. The van der Waals surface area contributed by atoms with Crippen LogP contribution in [0.3, 0.4) is 0 Å². The maximum atomic E-state index is 11.6. The van der Waals surface area contributed by atoms with Crippen LogP contribution in [0.4, 0.5) is 0 Å². The smallest absolute Gasteiger partial charge is 0.231 e. The number of nitrogens with one attached hydrogen (secondary N) is 1. The van der Waals surface area contributed by atoms with Crippen LogP contribution in [0.1, 0.15) is 11.1 Å². The van der Waals surface area contributed by atoms with Crippen LogP contribution in [0.2, 0.25) is 0 Å². The fourth-order valence-corrected chi connectivity index (χ4v) is 2.69. The molecule has 1 heterocycles. The van der Waals surface area contributed by atoms with Gasteiger partial charge in [-0.2, -0.15) is 0 Å². The van der Waals surface area contributed by atoms with Gasteiger partial charge in [-0.1, -0.05) is 29.8 Å². The van der Waals surface area contributed by atoms with Gasteiger partial charge in [-0.25, -0.2) is 4.98 Å². The molecule has 108 valence electrons. The van der Waals surface area contributed by atoms with Gasteiger partial charge in [0.1, 0.15) is 0 Å². The highest BCUT2D eigenvalue weighted by Crippen LogP contribution is 2.23. The summed E-state index contributed by atoms with van der Waals surface area (Å²) >= 11 is 1.39. The normalized spacial score (nSPS) is 10.1. The quantitative estimate of drug-likeness (QED) is 0.681. The van der Waals surface area contributed by atoms with Crippen LogP contribution in [0.5, 0.6) is 0 Å². The molecule has 0 atom stereocenters. The van der Waals surface area contributed by atoms with Gasteiger partial charge >= 0.3 is 0 Å². The van der Waals surface area contributed by atoms with E-state index >= 15 is 0 Å². The zero-order valence-electron chi connectivity index (χ0n) is 12.1. The summed E-state index contributed by atoms with van der Waals surface area (Å²) in [7, 11) is 0. The molecule has 0 aliphatic carbocycles. The first-order valence-electron chi connectivity index (χ1n) is 6.55. The van der Waals surface area contributed by atoms with Crippen LogP contribution >= 0.6 is 11.8 Å². The Morgan fingerprint density at radius 3 is 3.05 bits per heavy atom. The van der Waals surface area contributed by atoms with Crippen LogP contribution in [0.15, 0.2) is 35.7 Å². The van der Waals surface area contributed by atoms with Gasteiger partial charge in [0.05, 0.1) is 18.0 Å². The fraction of sp³-hybridized carbons (Fsp3) is 0.250. The Kier molecular flexibility index (Phi) is 5.07. The van der Waals surface area contributed by atoms with Gasteiger partial charge in [0.2, 0.25) is 5.91 Å². The van der Waals surface area contributed by atoms with Crippen LogP contribution in [-0.2, 0) is 4.79 Å². The van der Waals surface area contributed by atoms with Crippen molar-refractivity contribution in [1.29, 1.82) is 0 Å². The number of carbonyl (C=O) groups is 1. The Hall–Kier alpha value is -2.19. The second-order valence-electron chi connectivity index (χ2n) is 4.64. The Morgan fingerprint density at radius 2 is 2.29 bits per heavy atom. The monoisotopic (exact) mass is 299 g/mol. The molecule has 21 heavy (non-hydrogen) atoms. The summed E-state index contributed by atoms with van der Waals surface area (Å²) in [5.41, 5.74) is 3.43. The minimum absolute atomic E-state index is 0.0894. The van der Waals surface area contributed by atoms with E-state index in [2.05, 4.69) is 48.3 Å². The largest absolute Gasteiger partial charge is 0.344 e. The lowest BCUT2D eigenvalue weighted by atomic mass is 10.1. The van der Waals surface area contributed by atoms with E-state index < -0.39 is 0 Å². The van der Waals surface area contributed by atoms with Crippen molar-refractivity contribution in [2.45, 2.75) is 19.0 Å². The van der Waals surface area contributed by atoms with Gasteiger partial charge in [-0.15, -0.1) is 6.42 Å². The number of amides is 1. The summed E-state index contributed by atoms with van der Waals surface area (Å²) < 4.78 is 2.00. The highest BCUT2D eigenvalue weighted by Gasteiger charge is 2.10. The third-order valence-electron chi connectivity index (χ3n) is 2.95. The topological polar surface area (TPSA) is 46.9 Å². The van der Waals surface area contributed by atoms with Crippen molar-refractivity contribution in [3.63, 3.8) is 0 Å². The minimum atomic E-state index is -0.0894. The first-order chi connectivity index (χ1) is 10.1. The summed E-state index contributed by atoms with van der Waals surface area (Å²) in [4.78, 5) is 15.9. The van der Waals surface area contributed by atoms with Gasteiger partial charge in [0.15, 0.2) is 5.16 Å². The van der Waals surface area contributed by atoms with Gasteiger partial charge in [0.25, 0.3) is 0 Å². The molecule has 2 aromatic rings. The Morgan fingerprint density at radius 1 is 1.48 bits per heavy atom. The van der Waals surface area contributed by atoms with Crippen LogP contribution in [0.25, 0.3) is 5.69 Å². The first kappa shape index (κ1) is 15.2. The number of benzene rings is 1. The number of hydrogen-bond donors (Lipinski definition) is 1. The number of nitrogens with zero attached hydrogens (tertiary/aromatic N) is 2. The molecule has 0 bridgehead atoms. The molecule has 1 aromatic heterocycles. The predicted octanol–water partition coefficient (Wildman–Crippen LogP) is 2.33. The van der Waals surface area contributed by atoms with E-state index in [1.54, 1.807) is 6.20 Å². The molecule has 0 fully saturated rings. The maximum absolute atomic E-state index is 11.6. The summed E-state index contributed by atoms with van der Waals surface area (Å²) in [5.74, 6) is 2.59. The van der Waals surface area contributed by atoms with E-state index in [0.717, 1.165) is 16.4 Å². The fourth-order valence-electron chi connectivity index (χ4n) is 1.89. The Balaban J connectivity index is 2.14. The Bertz CT molecular complexity index is 685. The lowest BCUT2D eigenvalue weighted by Crippen LogP contribution is -2.25. The summed E-state index contributed by atoms with van der Waals surface area (Å²) in [5, 5.41) is 3.43. The van der Waals surface area contributed by atoms with Crippen LogP contribution in [0, 0.1) is 26.2 Å². The molecule has 1 N–H and O–H groups in total. The molecule has 0 spiro atoms. The molecule has 1 aromatic carbocycles. The van der Waals surface area contributed by atoms with Crippen molar-refractivity contribution in [3.8, 4) is 18.0 Å². The van der Waals surface area contributed by atoms with Crippen LogP contribution in [-0.4, -0.2) is 27.8 Å². The van der Waals surface area contributed by atoms with Crippen molar-refractivity contribution in [2.75, 3.05) is 12.3 Å². The molecule has 5 heteroatoms. The van der Waals surface area contributed by atoms with E-state index in [1.807, 2.05) is 10.8 Å². The van der Waals surface area contributed by atoms with E-state index in [1.165, 1.54) is 17.3 Å². The number of carbonyl (C=O) groups excluding carboxylic acids is 1. The summed E-state index contributed by atoms with van der Waals surface area (Å²) in [6, 6.07) is 6.27. The molecule has 4 nitrogen and oxygen atoms in total. The number of hydrogen-bond acceptors (Lipinski definition) is 3. The average Bonchev–Trinajstić information content (AvgIpc) is 2.93. The standard InChI is InChI=1S/C16H17N3OS/c1-4-7-17-15(20)11-21-16-18-8-9-19(16)14-10-12(2)5-6-13(14)3/h1,5-6,8-10H,7,11H2,2-3H3,(H,17,20). The molecule has 0 aliphatic heterocycles. The zero-order chi connectivity index (χ0) is 15.2. The third kappa shape index (κ3) is 3.89. The molecule has 0 radical (unpaired) electrons. The van der Waals surface area contributed by atoms with E-state index in [0.29, 0.717) is 5.75 Å². The van der Waals surface area contributed by atoms with Gasteiger partial charge in [0, 0.05) is 12.4 Å². The molecular formula is C16H17N3OS. The molecule has 0 aliphatic rings. The third-order valence-corrected chi connectivity index (χ3v) is 3.92. The molecule has 1 amide bonds. The van der Waals surface area contributed by atoms with Gasteiger partial charge in [-0.3, -0.25) is 9.36 Å². The zero-order valence-corrected chi connectivity index (χ0v) is 12.9. The molecule has 2 rings (SSSR count). The van der Waals surface area contributed by atoms with Crippen molar-refractivity contribution in [3.05, 3.63) is 41.7 Å². The van der Waals surface area contributed by atoms with E-state index in [-0.39, 0.29) is 12.5 Å². The average molecular weight is 299 g/mol. The number of terminal acetylenes is 1. The number of imidazole rings is 1. The highest BCUT2D eigenvalue weighted by molar-refractivity contribution is 7.99. The molecule has 0 unspecified atom stereocenters. The Labute approximate surface area is 129 Å². The maximum Gasteiger partial charge on any atom is 0.231 e. The van der Waals surface area contributed by atoms with E-state index in [9.17, 15) is 4.79 Å². The van der Waals surface area contributed by atoms with Gasteiger partial charge < -0.3 is 5.32 Å². The number of aryl methyl sites for hydroxylation is 2. The molecular weight excluding hydrogens is 282 g/mol. The highest BCUT2D eigenvalue weighted by atomic mass is 32.2. The van der Waals surface area contributed by atoms with Crippen molar-refractivity contribution in [2.24, 2.45) is 0 Å². The van der Waals surface area contributed by atoms with Crippen molar-refractivity contribution in [1.82, 2.24) is 14.9 Å². The predicted molar refractivity (Wildman–Crippen MR) is 85.6 cm³/mol. The number of aromatic nitrogens is 2. The second-order valence-corrected chi connectivity index (χ2v) is 5.58. The lowest BCUT2D eigenvalue weighted by molar-refractivity contribution is -0.118. The number of thioether (sulfide) groups is 1. The van der Waals surface area contributed by atoms with Crippen molar-refractivity contribution < 1.29 is 4.79 Å². The van der Waals surface area contributed by atoms with Gasteiger partial charge in [-0.05, 0) is 31.0 Å². The SMILES string of the molecule is C#CCNC(=O)CSc1nccn1-c1cc(C)ccc1C. The minimum Gasteiger partial charge on any atom is -0.344 e. The van der Waals surface area contributed by atoms with E-state index in [4.69, 9.17) is 6.42 Å². The summed E-state index contributed by atoms with van der Waals surface area (Å²) in [6.07, 6.45) is 8.76. The first-order valence-corrected chi connectivity index (χ1v) is 7.54. The molecule has 0 saturated carbocycles. The lowest BCUT2D eigenvalue weighted by Gasteiger charge is -2.11. The van der Waals surface area contributed by atoms with Crippen LogP contribution < -0.4 is 5.32 Å². The molecule has 0 saturated heterocycles. The van der Waals surface area contributed by atoms with Crippen molar-refractivity contribution >= 4 is 17.7 Å².